The Bertz CT molecular complexity index is 577. The Hall–Kier alpha value is -1.81. The van der Waals surface area contributed by atoms with Crippen LogP contribution in [0.25, 0.3) is 6.08 Å². The molecule has 0 amide bonds. The SMILES string of the molecule is COC1C2=CC(C)C(=O)OC2=Cc2occ(C)c21. The van der Waals surface area contributed by atoms with Gasteiger partial charge in [-0.05, 0) is 19.4 Å². The Labute approximate surface area is 105 Å². The molecule has 4 nitrogen and oxygen atoms in total. The molecule has 0 fully saturated rings. The molecule has 94 valence electrons. The van der Waals surface area contributed by atoms with Crippen LogP contribution in [-0.4, -0.2) is 13.1 Å². The fraction of sp³-hybridized carbons (Fsp3) is 0.357. The van der Waals surface area contributed by atoms with Gasteiger partial charge >= 0.3 is 5.97 Å². The molecule has 1 aliphatic heterocycles. The predicted octanol–water partition coefficient (Wildman–Crippen LogP) is 2.75. The van der Waals surface area contributed by atoms with Crippen molar-refractivity contribution in [3.63, 3.8) is 0 Å². The average molecular weight is 246 g/mol. The summed E-state index contributed by atoms with van der Waals surface area (Å²) in [5.41, 5.74) is 2.96. The molecule has 0 radical (unpaired) electrons. The van der Waals surface area contributed by atoms with Crippen LogP contribution in [0, 0.1) is 12.8 Å². The lowest BCUT2D eigenvalue weighted by molar-refractivity contribution is -0.142. The highest BCUT2D eigenvalue weighted by Gasteiger charge is 2.36. The van der Waals surface area contributed by atoms with E-state index in [0.29, 0.717) is 11.5 Å². The minimum absolute atomic E-state index is 0.228. The number of hydrogen-bond donors (Lipinski definition) is 0. The number of fused-ring (bicyclic) bond motifs is 2. The van der Waals surface area contributed by atoms with E-state index >= 15 is 0 Å². The van der Waals surface area contributed by atoms with E-state index in [1.807, 2.05) is 19.9 Å². The molecule has 4 heteroatoms. The summed E-state index contributed by atoms with van der Waals surface area (Å²) in [5.74, 6) is 0.746. The molecule has 18 heavy (non-hydrogen) atoms. The first-order valence-corrected chi connectivity index (χ1v) is 5.88. The van der Waals surface area contributed by atoms with Crippen LogP contribution in [0.15, 0.2) is 28.1 Å². The second-order valence-corrected chi connectivity index (χ2v) is 4.65. The van der Waals surface area contributed by atoms with E-state index in [1.54, 1.807) is 19.4 Å². The number of esters is 1. The van der Waals surface area contributed by atoms with Gasteiger partial charge in [-0.3, -0.25) is 4.79 Å². The second-order valence-electron chi connectivity index (χ2n) is 4.65. The van der Waals surface area contributed by atoms with Gasteiger partial charge in [0.2, 0.25) is 0 Å². The van der Waals surface area contributed by atoms with Crippen molar-refractivity contribution in [3.8, 4) is 0 Å². The molecular formula is C14H14O4. The minimum atomic E-state index is -0.247. The standard InChI is InChI=1S/C14H14O4/c1-7-4-9-10(18-14(7)15)5-11-12(13(9)16-3)8(2)6-17-11/h4-7,13H,1-3H3. The van der Waals surface area contributed by atoms with E-state index in [9.17, 15) is 4.79 Å². The summed E-state index contributed by atoms with van der Waals surface area (Å²) in [6.07, 6.45) is 5.13. The monoisotopic (exact) mass is 246 g/mol. The summed E-state index contributed by atoms with van der Waals surface area (Å²) in [6, 6.07) is 0. The van der Waals surface area contributed by atoms with E-state index < -0.39 is 0 Å². The Morgan fingerprint density at radius 1 is 1.39 bits per heavy atom. The van der Waals surface area contributed by atoms with Gasteiger partial charge in [0.25, 0.3) is 0 Å². The number of aryl methyl sites for hydroxylation is 1. The van der Waals surface area contributed by atoms with Crippen molar-refractivity contribution in [2.75, 3.05) is 7.11 Å². The van der Waals surface area contributed by atoms with E-state index in [2.05, 4.69) is 0 Å². The lowest BCUT2D eigenvalue weighted by atomic mass is 9.88. The maximum absolute atomic E-state index is 11.6. The second kappa shape index (κ2) is 3.85. The summed E-state index contributed by atoms with van der Waals surface area (Å²) >= 11 is 0. The topological polar surface area (TPSA) is 48.7 Å². The molecule has 0 saturated carbocycles. The maximum atomic E-state index is 11.6. The van der Waals surface area contributed by atoms with Gasteiger partial charge in [-0.2, -0.15) is 0 Å². The Balaban J connectivity index is 2.19. The summed E-state index contributed by atoms with van der Waals surface area (Å²) in [4.78, 5) is 11.6. The van der Waals surface area contributed by atoms with Crippen molar-refractivity contribution >= 4 is 12.0 Å². The number of hydrogen-bond acceptors (Lipinski definition) is 4. The molecule has 2 atom stereocenters. The number of rotatable bonds is 1. The zero-order chi connectivity index (χ0) is 12.9. The molecule has 1 aromatic rings. The molecule has 0 bridgehead atoms. The average Bonchev–Trinajstić information content (AvgIpc) is 2.70. The normalized spacial score (nSPS) is 25.8. The van der Waals surface area contributed by atoms with Gasteiger partial charge in [0.1, 0.15) is 17.6 Å². The van der Waals surface area contributed by atoms with Crippen molar-refractivity contribution < 1.29 is 18.7 Å². The van der Waals surface area contributed by atoms with E-state index in [0.717, 1.165) is 16.7 Å². The molecule has 2 heterocycles. The van der Waals surface area contributed by atoms with Crippen LogP contribution in [0.4, 0.5) is 0 Å². The van der Waals surface area contributed by atoms with Crippen LogP contribution in [0.2, 0.25) is 0 Å². The van der Waals surface area contributed by atoms with E-state index in [1.165, 1.54) is 0 Å². The maximum Gasteiger partial charge on any atom is 0.317 e. The molecule has 3 rings (SSSR count). The van der Waals surface area contributed by atoms with Gasteiger partial charge in [0, 0.05) is 24.3 Å². The fourth-order valence-electron chi connectivity index (χ4n) is 2.45. The molecule has 0 spiro atoms. The zero-order valence-corrected chi connectivity index (χ0v) is 10.5. The third kappa shape index (κ3) is 1.46. The summed E-state index contributed by atoms with van der Waals surface area (Å²) in [6.45, 7) is 3.79. The van der Waals surface area contributed by atoms with Crippen molar-refractivity contribution in [2.45, 2.75) is 20.0 Å². The van der Waals surface area contributed by atoms with Gasteiger partial charge in [-0.25, -0.2) is 0 Å². The van der Waals surface area contributed by atoms with Crippen molar-refractivity contribution in [2.24, 2.45) is 5.92 Å². The van der Waals surface area contributed by atoms with Crippen LogP contribution in [0.5, 0.6) is 0 Å². The molecule has 2 unspecified atom stereocenters. The highest BCUT2D eigenvalue weighted by molar-refractivity contribution is 5.81. The number of methoxy groups -OCH3 is 1. The van der Waals surface area contributed by atoms with E-state index in [4.69, 9.17) is 13.9 Å². The zero-order valence-electron chi connectivity index (χ0n) is 10.5. The van der Waals surface area contributed by atoms with Gasteiger partial charge in [-0.15, -0.1) is 0 Å². The highest BCUT2D eigenvalue weighted by atomic mass is 16.5. The summed E-state index contributed by atoms with van der Waals surface area (Å²) < 4.78 is 16.3. The fourth-order valence-corrected chi connectivity index (χ4v) is 2.45. The van der Waals surface area contributed by atoms with Crippen molar-refractivity contribution in [1.29, 1.82) is 0 Å². The predicted molar refractivity (Wildman–Crippen MR) is 64.5 cm³/mol. The highest BCUT2D eigenvalue weighted by Crippen LogP contribution is 2.43. The number of ether oxygens (including phenoxy) is 2. The van der Waals surface area contributed by atoms with Crippen LogP contribution in [0.3, 0.4) is 0 Å². The Morgan fingerprint density at radius 2 is 2.17 bits per heavy atom. The number of carbonyl (C=O) groups excluding carboxylic acids is 1. The van der Waals surface area contributed by atoms with Gasteiger partial charge in [0.05, 0.1) is 12.2 Å². The van der Waals surface area contributed by atoms with Crippen molar-refractivity contribution in [1.82, 2.24) is 0 Å². The van der Waals surface area contributed by atoms with Crippen LogP contribution in [-0.2, 0) is 14.3 Å². The molecule has 2 aliphatic rings. The quantitative estimate of drug-likeness (QED) is 0.715. The van der Waals surface area contributed by atoms with E-state index in [-0.39, 0.29) is 18.0 Å². The van der Waals surface area contributed by atoms with Crippen LogP contribution >= 0.6 is 0 Å². The first-order chi connectivity index (χ1) is 8.61. The third-order valence-corrected chi connectivity index (χ3v) is 3.39. The lowest BCUT2D eigenvalue weighted by Crippen LogP contribution is -2.24. The largest absolute Gasteiger partial charge is 0.464 e. The number of furan rings is 1. The van der Waals surface area contributed by atoms with Crippen LogP contribution < -0.4 is 0 Å². The Kier molecular flexibility index (Phi) is 2.41. The third-order valence-electron chi connectivity index (χ3n) is 3.39. The molecule has 0 aromatic carbocycles. The number of carbonyl (C=O) groups is 1. The van der Waals surface area contributed by atoms with Gasteiger partial charge in [-0.1, -0.05) is 6.08 Å². The minimum Gasteiger partial charge on any atom is -0.464 e. The first-order valence-electron chi connectivity index (χ1n) is 5.88. The summed E-state index contributed by atoms with van der Waals surface area (Å²) in [7, 11) is 1.64. The lowest BCUT2D eigenvalue weighted by Gasteiger charge is -2.29. The molecule has 0 saturated heterocycles. The van der Waals surface area contributed by atoms with Crippen molar-refractivity contribution in [3.05, 3.63) is 40.6 Å². The van der Waals surface area contributed by atoms with Gasteiger partial charge in [0.15, 0.2) is 0 Å². The molecular weight excluding hydrogens is 232 g/mol. The first kappa shape index (κ1) is 11.3. The smallest absolute Gasteiger partial charge is 0.317 e. The van der Waals surface area contributed by atoms with Gasteiger partial charge < -0.3 is 13.9 Å². The molecule has 1 aromatic heterocycles. The summed E-state index contributed by atoms with van der Waals surface area (Å²) in [5, 5.41) is 0. The Morgan fingerprint density at radius 3 is 2.89 bits per heavy atom. The van der Waals surface area contributed by atoms with Crippen LogP contribution in [0.1, 0.15) is 29.9 Å². The molecule has 0 N–H and O–H groups in total. The molecule has 1 aliphatic carbocycles.